The molecule has 154 valence electrons. The SMILES string of the molecule is O=C(Nc1nnc(Cc2ccccc2)s1)c1ccc(N2CCOCC2)c([N+](=O)[O-])c1. The van der Waals surface area contributed by atoms with Gasteiger partial charge < -0.3 is 9.64 Å². The fraction of sp³-hybridized carbons (Fsp3) is 0.250. The van der Waals surface area contributed by atoms with Gasteiger partial charge in [-0.05, 0) is 17.7 Å². The third kappa shape index (κ3) is 4.61. The number of hydrogen-bond acceptors (Lipinski definition) is 8. The topological polar surface area (TPSA) is 110 Å². The number of nitrogens with zero attached hydrogens (tertiary/aromatic N) is 4. The highest BCUT2D eigenvalue weighted by Gasteiger charge is 2.23. The summed E-state index contributed by atoms with van der Waals surface area (Å²) >= 11 is 1.28. The Morgan fingerprint density at radius 1 is 1.17 bits per heavy atom. The Morgan fingerprint density at radius 3 is 2.67 bits per heavy atom. The zero-order chi connectivity index (χ0) is 20.9. The number of amides is 1. The third-order valence-electron chi connectivity index (χ3n) is 4.67. The summed E-state index contributed by atoms with van der Waals surface area (Å²) in [6.07, 6.45) is 0.619. The van der Waals surface area contributed by atoms with E-state index in [4.69, 9.17) is 4.74 Å². The maximum atomic E-state index is 12.6. The lowest BCUT2D eigenvalue weighted by Crippen LogP contribution is -2.36. The molecule has 2 aromatic carbocycles. The van der Waals surface area contributed by atoms with E-state index in [0.29, 0.717) is 43.5 Å². The second-order valence-corrected chi connectivity index (χ2v) is 7.74. The minimum Gasteiger partial charge on any atom is -0.378 e. The van der Waals surface area contributed by atoms with Crippen molar-refractivity contribution in [2.45, 2.75) is 6.42 Å². The molecule has 0 saturated carbocycles. The van der Waals surface area contributed by atoms with Crippen LogP contribution in [0.5, 0.6) is 0 Å². The van der Waals surface area contributed by atoms with Gasteiger partial charge in [-0.1, -0.05) is 41.7 Å². The molecule has 2 heterocycles. The molecule has 0 unspecified atom stereocenters. The number of benzene rings is 2. The third-order valence-corrected chi connectivity index (χ3v) is 5.51. The Hall–Kier alpha value is -3.37. The summed E-state index contributed by atoms with van der Waals surface area (Å²) in [5.41, 5.74) is 1.67. The number of carbonyl (C=O) groups is 1. The maximum Gasteiger partial charge on any atom is 0.293 e. The molecule has 1 amide bonds. The molecule has 1 N–H and O–H groups in total. The van der Waals surface area contributed by atoms with E-state index in [1.807, 2.05) is 35.2 Å². The van der Waals surface area contributed by atoms with Gasteiger partial charge in [0.05, 0.1) is 18.1 Å². The molecule has 1 aromatic heterocycles. The number of carbonyl (C=O) groups excluding carboxylic acids is 1. The van der Waals surface area contributed by atoms with Crippen molar-refractivity contribution in [3.05, 3.63) is 74.8 Å². The number of ether oxygens (including phenoxy) is 1. The maximum absolute atomic E-state index is 12.6. The van der Waals surface area contributed by atoms with Gasteiger partial charge in [0.25, 0.3) is 11.6 Å². The van der Waals surface area contributed by atoms with Crippen LogP contribution in [-0.2, 0) is 11.2 Å². The van der Waals surface area contributed by atoms with Crippen LogP contribution in [0.15, 0.2) is 48.5 Å². The minimum absolute atomic E-state index is 0.105. The lowest BCUT2D eigenvalue weighted by molar-refractivity contribution is -0.384. The summed E-state index contributed by atoms with van der Waals surface area (Å²) in [5, 5.41) is 23.5. The standard InChI is InChI=1S/C20H19N5O4S/c26-19(21-20-23-22-18(30-20)12-14-4-2-1-3-5-14)15-6-7-16(17(13-15)25(27)28)24-8-10-29-11-9-24/h1-7,13H,8-12H2,(H,21,23,26). The van der Waals surface area contributed by atoms with Crippen LogP contribution in [0.3, 0.4) is 0 Å². The molecule has 10 heteroatoms. The number of rotatable bonds is 6. The first-order valence-electron chi connectivity index (χ1n) is 9.39. The summed E-state index contributed by atoms with van der Waals surface area (Å²) in [6.45, 7) is 2.17. The van der Waals surface area contributed by atoms with Crippen LogP contribution in [0.1, 0.15) is 20.9 Å². The van der Waals surface area contributed by atoms with Crippen molar-refractivity contribution in [2.24, 2.45) is 0 Å². The highest BCUT2D eigenvalue weighted by atomic mass is 32.1. The number of aromatic nitrogens is 2. The van der Waals surface area contributed by atoms with Crippen LogP contribution in [0.4, 0.5) is 16.5 Å². The number of nitro benzene ring substituents is 1. The van der Waals surface area contributed by atoms with Crippen LogP contribution in [0.2, 0.25) is 0 Å². The van der Waals surface area contributed by atoms with Gasteiger partial charge in [0, 0.05) is 31.1 Å². The fourth-order valence-electron chi connectivity index (χ4n) is 3.20. The Labute approximate surface area is 176 Å². The van der Waals surface area contributed by atoms with Crippen LogP contribution in [0.25, 0.3) is 0 Å². The first-order valence-corrected chi connectivity index (χ1v) is 10.2. The predicted molar refractivity (Wildman–Crippen MR) is 113 cm³/mol. The van der Waals surface area contributed by atoms with E-state index >= 15 is 0 Å². The lowest BCUT2D eigenvalue weighted by Gasteiger charge is -2.28. The summed E-state index contributed by atoms with van der Waals surface area (Å²) in [5.74, 6) is -0.464. The average molecular weight is 425 g/mol. The number of morpholine rings is 1. The van der Waals surface area contributed by atoms with Gasteiger partial charge in [-0.3, -0.25) is 20.2 Å². The Balaban J connectivity index is 1.48. The second-order valence-electron chi connectivity index (χ2n) is 6.68. The van der Waals surface area contributed by atoms with Gasteiger partial charge in [0.1, 0.15) is 10.7 Å². The van der Waals surface area contributed by atoms with Crippen molar-refractivity contribution < 1.29 is 14.5 Å². The highest BCUT2D eigenvalue weighted by molar-refractivity contribution is 7.15. The molecule has 1 fully saturated rings. The lowest BCUT2D eigenvalue weighted by atomic mass is 10.1. The van der Waals surface area contributed by atoms with Crippen molar-refractivity contribution in [2.75, 3.05) is 36.5 Å². The zero-order valence-corrected chi connectivity index (χ0v) is 16.8. The van der Waals surface area contributed by atoms with E-state index in [-0.39, 0.29) is 11.3 Å². The molecule has 9 nitrogen and oxygen atoms in total. The molecule has 1 saturated heterocycles. The number of hydrogen-bond donors (Lipinski definition) is 1. The molecular weight excluding hydrogens is 406 g/mol. The Bertz CT molecular complexity index is 1050. The molecular formula is C20H19N5O4S. The van der Waals surface area contributed by atoms with E-state index in [0.717, 1.165) is 10.6 Å². The smallest absolute Gasteiger partial charge is 0.293 e. The fourth-order valence-corrected chi connectivity index (χ4v) is 3.97. The van der Waals surface area contributed by atoms with Gasteiger partial charge in [-0.15, -0.1) is 10.2 Å². The second kappa shape index (κ2) is 8.97. The van der Waals surface area contributed by atoms with Gasteiger partial charge in [0.15, 0.2) is 0 Å². The van der Waals surface area contributed by atoms with E-state index in [1.54, 1.807) is 12.1 Å². The molecule has 30 heavy (non-hydrogen) atoms. The monoisotopic (exact) mass is 425 g/mol. The van der Waals surface area contributed by atoms with E-state index < -0.39 is 10.8 Å². The van der Waals surface area contributed by atoms with Crippen molar-refractivity contribution in [1.82, 2.24) is 10.2 Å². The van der Waals surface area contributed by atoms with Gasteiger partial charge >= 0.3 is 0 Å². The van der Waals surface area contributed by atoms with Gasteiger partial charge in [-0.2, -0.15) is 0 Å². The number of nitro groups is 1. The first kappa shape index (κ1) is 19.9. The van der Waals surface area contributed by atoms with Crippen LogP contribution in [0, 0.1) is 10.1 Å². The summed E-state index contributed by atoms with van der Waals surface area (Å²) in [7, 11) is 0. The van der Waals surface area contributed by atoms with Gasteiger partial charge in [0.2, 0.25) is 5.13 Å². The molecule has 0 radical (unpaired) electrons. The normalized spacial score (nSPS) is 13.8. The molecule has 4 rings (SSSR count). The van der Waals surface area contributed by atoms with Crippen molar-refractivity contribution >= 4 is 33.8 Å². The summed E-state index contributed by atoms with van der Waals surface area (Å²) in [6, 6.07) is 14.3. The van der Waals surface area contributed by atoms with E-state index in [9.17, 15) is 14.9 Å². The average Bonchev–Trinajstić information content (AvgIpc) is 3.21. The summed E-state index contributed by atoms with van der Waals surface area (Å²) in [4.78, 5) is 25.6. The minimum atomic E-state index is -0.468. The van der Waals surface area contributed by atoms with Crippen molar-refractivity contribution in [3.63, 3.8) is 0 Å². The van der Waals surface area contributed by atoms with Gasteiger partial charge in [-0.25, -0.2) is 0 Å². The van der Waals surface area contributed by atoms with Crippen LogP contribution >= 0.6 is 11.3 Å². The van der Waals surface area contributed by atoms with Crippen molar-refractivity contribution in [3.8, 4) is 0 Å². The highest BCUT2D eigenvalue weighted by Crippen LogP contribution is 2.30. The Kier molecular flexibility index (Phi) is 5.96. The molecule has 1 aliphatic rings. The predicted octanol–water partition coefficient (Wildman–Crippen LogP) is 3.13. The summed E-state index contributed by atoms with van der Waals surface area (Å²) < 4.78 is 5.30. The molecule has 0 atom stereocenters. The molecule has 3 aromatic rings. The number of anilines is 2. The first-order chi connectivity index (χ1) is 14.6. The molecule has 0 spiro atoms. The largest absolute Gasteiger partial charge is 0.378 e. The zero-order valence-electron chi connectivity index (χ0n) is 16.0. The van der Waals surface area contributed by atoms with Crippen LogP contribution < -0.4 is 10.2 Å². The molecule has 1 aliphatic heterocycles. The van der Waals surface area contributed by atoms with E-state index in [1.165, 1.54) is 17.4 Å². The van der Waals surface area contributed by atoms with Crippen LogP contribution in [-0.4, -0.2) is 47.3 Å². The molecule has 0 aliphatic carbocycles. The number of nitrogens with one attached hydrogen (secondary N) is 1. The molecule has 0 bridgehead atoms. The quantitative estimate of drug-likeness (QED) is 0.477. The Morgan fingerprint density at radius 2 is 1.93 bits per heavy atom. The van der Waals surface area contributed by atoms with Crippen molar-refractivity contribution in [1.29, 1.82) is 0 Å². The van der Waals surface area contributed by atoms with E-state index in [2.05, 4.69) is 15.5 Å².